The van der Waals surface area contributed by atoms with E-state index < -0.39 is 0 Å². The minimum absolute atomic E-state index is 0.0359. The maximum absolute atomic E-state index is 12.4. The number of benzene rings is 1. The second-order valence-electron chi connectivity index (χ2n) is 6.14. The summed E-state index contributed by atoms with van der Waals surface area (Å²) in [7, 11) is 3.86. The van der Waals surface area contributed by atoms with Crippen LogP contribution in [0, 0.1) is 0 Å². The fourth-order valence-corrected chi connectivity index (χ4v) is 3.89. The Kier molecular flexibility index (Phi) is 6.33. The molecule has 1 aromatic carbocycles. The lowest BCUT2D eigenvalue weighted by Gasteiger charge is -2.10. The van der Waals surface area contributed by atoms with Crippen LogP contribution in [0.4, 0.5) is 11.4 Å². The first kappa shape index (κ1) is 19.2. The number of hydrogen-bond acceptors (Lipinski definition) is 6. The standard InChI is InChI=1S/C19H20N4O2S2/c1-23(2)10-9-17(24)21-13-5-7-14(8-6-13)22-18(25)16-12-20-19(27-16)15-4-3-11-26-15/h3-8,11-12H,9-10H2,1-2H3,(H,21,24)(H,22,25). The van der Waals surface area contributed by atoms with Crippen LogP contribution in [0.15, 0.2) is 48.0 Å². The second kappa shape index (κ2) is 8.90. The van der Waals surface area contributed by atoms with Gasteiger partial charge in [0.1, 0.15) is 9.88 Å². The summed E-state index contributed by atoms with van der Waals surface area (Å²) in [6.45, 7) is 0.697. The quantitative estimate of drug-likeness (QED) is 0.628. The van der Waals surface area contributed by atoms with Crippen LogP contribution >= 0.6 is 22.7 Å². The highest BCUT2D eigenvalue weighted by Gasteiger charge is 2.12. The number of thiazole rings is 1. The second-order valence-corrected chi connectivity index (χ2v) is 8.12. The van der Waals surface area contributed by atoms with E-state index in [4.69, 9.17) is 0 Å². The largest absolute Gasteiger partial charge is 0.326 e. The predicted molar refractivity (Wildman–Crippen MR) is 112 cm³/mol. The van der Waals surface area contributed by atoms with Gasteiger partial charge in [0.15, 0.2) is 0 Å². The molecule has 0 saturated carbocycles. The summed E-state index contributed by atoms with van der Waals surface area (Å²) < 4.78 is 0. The molecule has 3 rings (SSSR count). The Morgan fingerprint density at radius 3 is 2.41 bits per heavy atom. The van der Waals surface area contributed by atoms with E-state index >= 15 is 0 Å². The molecular weight excluding hydrogens is 380 g/mol. The van der Waals surface area contributed by atoms with E-state index in [2.05, 4.69) is 15.6 Å². The van der Waals surface area contributed by atoms with E-state index in [9.17, 15) is 9.59 Å². The number of nitrogens with one attached hydrogen (secondary N) is 2. The number of amides is 2. The zero-order valence-corrected chi connectivity index (χ0v) is 16.7. The monoisotopic (exact) mass is 400 g/mol. The number of carbonyl (C=O) groups is 2. The summed E-state index contributed by atoms with van der Waals surface area (Å²) in [5, 5.41) is 8.52. The van der Waals surface area contributed by atoms with Gasteiger partial charge in [-0.25, -0.2) is 4.98 Å². The minimum atomic E-state index is -0.196. The number of aromatic nitrogens is 1. The molecule has 6 nitrogen and oxygen atoms in total. The van der Waals surface area contributed by atoms with Crippen LogP contribution in [-0.4, -0.2) is 42.3 Å². The van der Waals surface area contributed by atoms with Gasteiger partial charge >= 0.3 is 0 Å². The molecule has 2 amide bonds. The summed E-state index contributed by atoms with van der Waals surface area (Å²) in [4.78, 5) is 32.1. The fraction of sp³-hybridized carbons (Fsp3) is 0.211. The van der Waals surface area contributed by atoms with Gasteiger partial charge in [0.05, 0.1) is 11.1 Å². The Morgan fingerprint density at radius 2 is 1.78 bits per heavy atom. The smallest absolute Gasteiger partial charge is 0.267 e. The zero-order valence-electron chi connectivity index (χ0n) is 15.1. The predicted octanol–water partition coefficient (Wildman–Crippen LogP) is 4.01. The number of rotatable bonds is 7. The molecule has 0 fully saturated rings. The molecule has 2 N–H and O–H groups in total. The van der Waals surface area contributed by atoms with Crippen molar-refractivity contribution in [2.75, 3.05) is 31.3 Å². The Labute approximate surface area is 165 Å². The third kappa shape index (κ3) is 5.46. The summed E-state index contributed by atoms with van der Waals surface area (Å²) in [5.74, 6) is -0.232. The van der Waals surface area contributed by atoms with E-state index in [1.165, 1.54) is 11.3 Å². The molecule has 0 bridgehead atoms. The van der Waals surface area contributed by atoms with E-state index in [1.54, 1.807) is 41.8 Å². The molecule has 0 atom stereocenters. The first-order chi connectivity index (χ1) is 13.0. The lowest BCUT2D eigenvalue weighted by Crippen LogP contribution is -2.20. The third-order valence-corrected chi connectivity index (χ3v) is 5.71. The summed E-state index contributed by atoms with van der Waals surface area (Å²) in [5.41, 5.74) is 1.37. The normalized spacial score (nSPS) is 10.8. The van der Waals surface area contributed by atoms with Gasteiger partial charge < -0.3 is 15.5 Å². The molecule has 3 aromatic rings. The summed E-state index contributed by atoms with van der Waals surface area (Å²) >= 11 is 2.96. The maximum Gasteiger partial charge on any atom is 0.267 e. The van der Waals surface area contributed by atoms with Crippen molar-refractivity contribution < 1.29 is 9.59 Å². The van der Waals surface area contributed by atoms with Crippen LogP contribution in [-0.2, 0) is 4.79 Å². The average Bonchev–Trinajstić information content (AvgIpc) is 3.33. The van der Waals surface area contributed by atoms with Crippen molar-refractivity contribution in [2.24, 2.45) is 0 Å². The highest BCUT2D eigenvalue weighted by molar-refractivity contribution is 7.22. The van der Waals surface area contributed by atoms with Gasteiger partial charge in [0.2, 0.25) is 5.91 Å². The topological polar surface area (TPSA) is 74.3 Å². The van der Waals surface area contributed by atoms with Gasteiger partial charge in [-0.05, 0) is 49.8 Å². The first-order valence-corrected chi connectivity index (χ1v) is 10.1. The number of carbonyl (C=O) groups excluding carboxylic acids is 2. The molecule has 0 radical (unpaired) electrons. The van der Waals surface area contributed by atoms with E-state index in [1.807, 2.05) is 36.5 Å². The van der Waals surface area contributed by atoms with Gasteiger partial charge in [0.25, 0.3) is 5.91 Å². The number of nitrogens with zero attached hydrogens (tertiary/aromatic N) is 2. The van der Waals surface area contributed by atoms with Gasteiger partial charge in [-0.1, -0.05) is 6.07 Å². The van der Waals surface area contributed by atoms with Crippen molar-refractivity contribution in [3.05, 3.63) is 52.9 Å². The molecule has 2 heterocycles. The van der Waals surface area contributed by atoms with Gasteiger partial charge in [-0.15, -0.1) is 22.7 Å². The number of thiophene rings is 1. The lowest BCUT2D eigenvalue weighted by atomic mass is 10.2. The molecule has 140 valence electrons. The SMILES string of the molecule is CN(C)CCC(=O)Nc1ccc(NC(=O)c2cnc(-c3cccs3)s2)cc1. The van der Waals surface area contributed by atoms with Crippen molar-refractivity contribution in [1.29, 1.82) is 0 Å². The van der Waals surface area contributed by atoms with Gasteiger partial charge in [-0.3, -0.25) is 9.59 Å². The fourth-order valence-electron chi connectivity index (χ4n) is 2.27. The molecule has 8 heteroatoms. The highest BCUT2D eigenvalue weighted by atomic mass is 32.1. The molecule has 0 spiro atoms. The molecule has 27 heavy (non-hydrogen) atoms. The molecule has 2 aromatic heterocycles. The van der Waals surface area contributed by atoms with Crippen LogP contribution in [0.3, 0.4) is 0 Å². The first-order valence-electron chi connectivity index (χ1n) is 8.37. The van der Waals surface area contributed by atoms with E-state index in [-0.39, 0.29) is 11.8 Å². The van der Waals surface area contributed by atoms with Crippen LogP contribution in [0.25, 0.3) is 9.88 Å². The highest BCUT2D eigenvalue weighted by Crippen LogP contribution is 2.29. The van der Waals surface area contributed by atoms with Crippen molar-refractivity contribution in [3.8, 4) is 9.88 Å². The maximum atomic E-state index is 12.4. The van der Waals surface area contributed by atoms with Crippen LogP contribution in [0.1, 0.15) is 16.1 Å². The van der Waals surface area contributed by atoms with E-state index in [0.717, 1.165) is 9.88 Å². The Balaban J connectivity index is 1.56. The van der Waals surface area contributed by atoms with Gasteiger partial charge in [0, 0.05) is 24.3 Å². The molecule has 0 aliphatic carbocycles. The van der Waals surface area contributed by atoms with Crippen molar-refractivity contribution in [3.63, 3.8) is 0 Å². The van der Waals surface area contributed by atoms with E-state index in [0.29, 0.717) is 29.2 Å². The number of hydrogen-bond donors (Lipinski definition) is 2. The van der Waals surface area contributed by atoms with Crippen molar-refractivity contribution in [1.82, 2.24) is 9.88 Å². The molecule has 0 saturated heterocycles. The van der Waals surface area contributed by atoms with Crippen LogP contribution in [0.2, 0.25) is 0 Å². The molecular formula is C19H20N4O2S2. The Morgan fingerprint density at radius 1 is 1.07 bits per heavy atom. The van der Waals surface area contributed by atoms with Crippen molar-refractivity contribution in [2.45, 2.75) is 6.42 Å². The average molecular weight is 401 g/mol. The van der Waals surface area contributed by atoms with Crippen LogP contribution in [0.5, 0.6) is 0 Å². The lowest BCUT2D eigenvalue weighted by molar-refractivity contribution is -0.116. The summed E-state index contributed by atoms with van der Waals surface area (Å²) in [6, 6.07) is 11.0. The summed E-state index contributed by atoms with van der Waals surface area (Å²) in [6.07, 6.45) is 2.03. The third-order valence-electron chi connectivity index (χ3n) is 3.67. The van der Waals surface area contributed by atoms with Crippen LogP contribution < -0.4 is 10.6 Å². The minimum Gasteiger partial charge on any atom is -0.326 e. The Bertz CT molecular complexity index is 902. The molecule has 0 aliphatic heterocycles. The molecule has 0 aliphatic rings. The van der Waals surface area contributed by atoms with Crippen molar-refractivity contribution >= 4 is 45.9 Å². The zero-order chi connectivity index (χ0) is 19.2. The Hall–Kier alpha value is -2.55. The van der Waals surface area contributed by atoms with Gasteiger partial charge in [-0.2, -0.15) is 0 Å². The number of anilines is 2. The molecule has 0 unspecified atom stereocenters.